The maximum Gasteiger partial charge on any atom is 0.142 e. The first-order valence-electron chi connectivity index (χ1n) is 6.79. The van der Waals surface area contributed by atoms with Crippen molar-refractivity contribution >= 4 is 11.4 Å². The molecule has 4 nitrogen and oxygen atoms in total. The maximum atomic E-state index is 5.80. The fraction of sp³-hybridized carbons (Fsp3) is 0.467. The summed E-state index contributed by atoms with van der Waals surface area (Å²) in [6.45, 7) is 8.52. The molecule has 1 aliphatic rings. The van der Waals surface area contributed by atoms with Crippen molar-refractivity contribution in [1.82, 2.24) is 10.2 Å². The van der Waals surface area contributed by atoms with Crippen LogP contribution in [0.15, 0.2) is 24.8 Å². The van der Waals surface area contributed by atoms with E-state index in [-0.39, 0.29) is 0 Å². The van der Waals surface area contributed by atoms with E-state index in [0.29, 0.717) is 11.4 Å². The summed E-state index contributed by atoms with van der Waals surface area (Å²) in [5.41, 5.74) is 8.39. The minimum absolute atomic E-state index is 0.649. The molecule has 1 heterocycles. The van der Waals surface area contributed by atoms with E-state index in [1.54, 1.807) is 7.11 Å². The number of benzene rings is 1. The van der Waals surface area contributed by atoms with Gasteiger partial charge in [0.2, 0.25) is 0 Å². The van der Waals surface area contributed by atoms with Crippen LogP contribution in [0.4, 0.5) is 5.69 Å². The van der Waals surface area contributed by atoms with Gasteiger partial charge < -0.3 is 20.7 Å². The zero-order valence-electron chi connectivity index (χ0n) is 11.6. The van der Waals surface area contributed by atoms with E-state index in [0.717, 1.165) is 24.4 Å². The van der Waals surface area contributed by atoms with Crippen molar-refractivity contribution in [2.75, 3.05) is 39.0 Å². The first-order valence-corrected chi connectivity index (χ1v) is 6.79. The predicted molar refractivity (Wildman–Crippen MR) is 80.1 cm³/mol. The number of hydrogen-bond acceptors (Lipinski definition) is 4. The number of likely N-dealkylation sites (tertiary alicyclic amines) is 1. The van der Waals surface area contributed by atoms with Crippen LogP contribution in [0, 0.1) is 0 Å². The minimum Gasteiger partial charge on any atom is -0.495 e. The normalized spacial score (nSPS) is 15.4. The van der Waals surface area contributed by atoms with Crippen molar-refractivity contribution in [3.8, 4) is 5.75 Å². The van der Waals surface area contributed by atoms with Crippen LogP contribution < -0.4 is 15.8 Å². The molecule has 1 aromatic rings. The molecule has 2 rings (SSSR count). The summed E-state index contributed by atoms with van der Waals surface area (Å²) >= 11 is 0. The average Bonchev–Trinajstić information content (AvgIpc) is 2.92. The molecule has 4 heteroatoms. The second-order valence-electron chi connectivity index (χ2n) is 4.91. The molecular weight excluding hydrogens is 238 g/mol. The Hall–Kier alpha value is -1.68. The summed E-state index contributed by atoms with van der Waals surface area (Å²) in [5, 5.41) is 3.36. The van der Waals surface area contributed by atoms with Gasteiger partial charge in [0.05, 0.1) is 12.8 Å². The molecule has 1 aromatic carbocycles. The lowest BCUT2D eigenvalue weighted by molar-refractivity contribution is 0.343. The van der Waals surface area contributed by atoms with Crippen molar-refractivity contribution in [3.05, 3.63) is 30.3 Å². The fourth-order valence-corrected chi connectivity index (χ4v) is 2.37. The third kappa shape index (κ3) is 3.64. The van der Waals surface area contributed by atoms with Gasteiger partial charge >= 0.3 is 0 Å². The Morgan fingerprint density at radius 1 is 1.42 bits per heavy atom. The van der Waals surface area contributed by atoms with Crippen LogP contribution in [-0.4, -0.2) is 38.2 Å². The Kier molecular flexibility index (Phi) is 4.68. The number of nitrogen functional groups attached to an aromatic ring is 1. The minimum atomic E-state index is 0.649. The highest BCUT2D eigenvalue weighted by Gasteiger charge is 2.10. The first kappa shape index (κ1) is 13.7. The van der Waals surface area contributed by atoms with Crippen molar-refractivity contribution < 1.29 is 4.74 Å². The molecule has 1 fully saturated rings. The van der Waals surface area contributed by atoms with Gasteiger partial charge in [-0.25, -0.2) is 0 Å². The largest absolute Gasteiger partial charge is 0.495 e. The number of hydrogen-bond donors (Lipinski definition) is 2. The number of nitrogens with two attached hydrogens (primary N) is 1. The van der Waals surface area contributed by atoms with Gasteiger partial charge in [-0.3, -0.25) is 0 Å². The Labute approximate surface area is 115 Å². The Bertz CT molecular complexity index is 439. The number of ether oxygens (including phenoxy) is 1. The van der Waals surface area contributed by atoms with Gasteiger partial charge in [0.25, 0.3) is 0 Å². The number of nitrogens with one attached hydrogen (secondary N) is 1. The third-order valence-corrected chi connectivity index (χ3v) is 3.55. The van der Waals surface area contributed by atoms with Gasteiger partial charge in [-0.15, -0.1) is 0 Å². The summed E-state index contributed by atoms with van der Waals surface area (Å²) in [6.07, 6.45) is 2.66. The summed E-state index contributed by atoms with van der Waals surface area (Å²) in [5.74, 6) is 0.694. The van der Waals surface area contributed by atoms with E-state index in [1.807, 2.05) is 18.2 Å². The number of nitrogens with zero attached hydrogens (tertiary/aromatic N) is 1. The van der Waals surface area contributed by atoms with Gasteiger partial charge in [0.1, 0.15) is 5.75 Å². The molecule has 0 spiro atoms. The van der Waals surface area contributed by atoms with Crippen LogP contribution in [0.5, 0.6) is 5.75 Å². The quantitative estimate of drug-likeness (QED) is 0.768. The van der Waals surface area contributed by atoms with Crippen molar-refractivity contribution in [2.24, 2.45) is 0 Å². The highest BCUT2D eigenvalue weighted by atomic mass is 16.5. The van der Waals surface area contributed by atoms with Crippen LogP contribution in [0.3, 0.4) is 0 Å². The van der Waals surface area contributed by atoms with Gasteiger partial charge in [-0.1, -0.05) is 12.6 Å². The molecule has 1 saturated heterocycles. The lowest BCUT2D eigenvalue weighted by Gasteiger charge is -2.17. The van der Waals surface area contributed by atoms with E-state index < -0.39 is 0 Å². The molecule has 0 radical (unpaired) electrons. The second kappa shape index (κ2) is 6.48. The van der Waals surface area contributed by atoms with Gasteiger partial charge in [0, 0.05) is 24.4 Å². The first-order chi connectivity index (χ1) is 9.20. The molecule has 0 aromatic heterocycles. The monoisotopic (exact) mass is 261 g/mol. The lowest BCUT2D eigenvalue weighted by Crippen LogP contribution is -2.29. The maximum absolute atomic E-state index is 5.80. The average molecular weight is 261 g/mol. The highest BCUT2D eigenvalue weighted by Crippen LogP contribution is 2.24. The van der Waals surface area contributed by atoms with Crippen molar-refractivity contribution in [3.63, 3.8) is 0 Å². The molecule has 0 aliphatic carbocycles. The van der Waals surface area contributed by atoms with Crippen LogP contribution in [0.2, 0.25) is 0 Å². The summed E-state index contributed by atoms with van der Waals surface area (Å²) in [7, 11) is 1.62. The van der Waals surface area contributed by atoms with E-state index in [9.17, 15) is 0 Å². The van der Waals surface area contributed by atoms with Crippen LogP contribution in [-0.2, 0) is 0 Å². The Morgan fingerprint density at radius 3 is 2.84 bits per heavy atom. The second-order valence-corrected chi connectivity index (χ2v) is 4.91. The highest BCUT2D eigenvalue weighted by molar-refractivity contribution is 5.67. The molecule has 3 N–H and O–H groups in total. The molecule has 1 aliphatic heterocycles. The Balaban J connectivity index is 1.85. The molecule has 0 atom stereocenters. The van der Waals surface area contributed by atoms with Gasteiger partial charge in [0.15, 0.2) is 0 Å². The lowest BCUT2D eigenvalue weighted by atomic mass is 10.1. The fourth-order valence-electron chi connectivity index (χ4n) is 2.37. The van der Waals surface area contributed by atoms with E-state index >= 15 is 0 Å². The summed E-state index contributed by atoms with van der Waals surface area (Å²) < 4.78 is 5.22. The molecule has 0 unspecified atom stereocenters. The number of rotatable bonds is 6. The molecule has 104 valence electrons. The molecule has 0 saturated carbocycles. The van der Waals surface area contributed by atoms with E-state index in [1.165, 1.54) is 25.9 Å². The van der Waals surface area contributed by atoms with E-state index in [2.05, 4.69) is 16.8 Å². The molecule has 0 bridgehead atoms. The summed E-state index contributed by atoms with van der Waals surface area (Å²) in [4.78, 5) is 2.48. The number of methoxy groups -OCH3 is 1. The van der Waals surface area contributed by atoms with Crippen LogP contribution in [0.1, 0.15) is 18.4 Å². The van der Waals surface area contributed by atoms with E-state index in [4.69, 9.17) is 10.5 Å². The van der Waals surface area contributed by atoms with Gasteiger partial charge in [-0.2, -0.15) is 0 Å². The van der Waals surface area contributed by atoms with Crippen molar-refractivity contribution in [1.29, 1.82) is 0 Å². The van der Waals surface area contributed by atoms with Crippen LogP contribution in [0.25, 0.3) is 5.70 Å². The number of anilines is 1. The molecule has 19 heavy (non-hydrogen) atoms. The van der Waals surface area contributed by atoms with Gasteiger partial charge in [-0.05, 0) is 38.1 Å². The topological polar surface area (TPSA) is 50.5 Å². The van der Waals surface area contributed by atoms with Crippen LogP contribution >= 0.6 is 0 Å². The molecule has 0 amide bonds. The predicted octanol–water partition coefficient (Wildman–Crippen LogP) is 1.93. The zero-order valence-corrected chi connectivity index (χ0v) is 11.6. The Morgan fingerprint density at radius 2 is 2.16 bits per heavy atom. The third-order valence-electron chi connectivity index (χ3n) is 3.55. The summed E-state index contributed by atoms with van der Waals surface area (Å²) in [6, 6.07) is 5.73. The SMILES string of the molecule is C=C(NCCN1CCCC1)c1ccc(N)c(OC)c1. The smallest absolute Gasteiger partial charge is 0.142 e. The van der Waals surface area contributed by atoms with Crippen molar-refractivity contribution in [2.45, 2.75) is 12.8 Å². The zero-order chi connectivity index (χ0) is 13.7. The molecular formula is C15H23N3O. The standard InChI is InChI=1S/C15H23N3O/c1-12(17-7-10-18-8-3-4-9-18)13-5-6-14(16)15(11-13)19-2/h5-6,11,17H,1,3-4,7-10,16H2,2H3.